The molecule has 0 bridgehead atoms. The molecule has 1 fully saturated rings. The third-order valence-electron chi connectivity index (χ3n) is 4.05. The van der Waals surface area contributed by atoms with Gasteiger partial charge in [-0.3, -0.25) is 0 Å². The summed E-state index contributed by atoms with van der Waals surface area (Å²) >= 11 is 3.59. The molecule has 106 valence electrons. The van der Waals surface area contributed by atoms with Crippen molar-refractivity contribution in [2.45, 2.75) is 45.6 Å². The zero-order valence-corrected chi connectivity index (χ0v) is 13.8. The van der Waals surface area contributed by atoms with E-state index in [2.05, 4.69) is 53.9 Å². The zero-order chi connectivity index (χ0) is 13.8. The standard InChI is InChI=1S/C16H24BrNO/c1-12-10-15(11-13(2)16(12)17)19-9-7-14-6-4-5-8-18(14)3/h10-11,14H,4-9H2,1-3H3. The van der Waals surface area contributed by atoms with Crippen molar-refractivity contribution in [2.75, 3.05) is 20.2 Å². The number of hydrogen-bond donors (Lipinski definition) is 0. The maximum atomic E-state index is 5.93. The van der Waals surface area contributed by atoms with Gasteiger partial charge in [0.2, 0.25) is 0 Å². The first-order valence-electron chi connectivity index (χ1n) is 7.17. The van der Waals surface area contributed by atoms with Crippen molar-refractivity contribution >= 4 is 15.9 Å². The smallest absolute Gasteiger partial charge is 0.119 e. The molecule has 2 rings (SSSR count). The van der Waals surface area contributed by atoms with E-state index in [-0.39, 0.29) is 0 Å². The first-order valence-corrected chi connectivity index (χ1v) is 7.97. The molecule has 1 unspecified atom stereocenters. The highest BCUT2D eigenvalue weighted by atomic mass is 79.9. The molecule has 0 saturated carbocycles. The fourth-order valence-electron chi connectivity index (χ4n) is 2.81. The van der Waals surface area contributed by atoms with Crippen LogP contribution < -0.4 is 4.74 Å². The predicted octanol–water partition coefficient (Wildman–Crippen LogP) is 4.32. The number of aryl methyl sites for hydroxylation is 2. The average molecular weight is 326 g/mol. The molecule has 0 amide bonds. The van der Waals surface area contributed by atoms with Crippen LogP contribution in [0.3, 0.4) is 0 Å². The van der Waals surface area contributed by atoms with E-state index in [0.717, 1.165) is 18.8 Å². The fourth-order valence-corrected chi connectivity index (χ4v) is 3.04. The van der Waals surface area contributed by atoms with Crippen LogP contribution >= 0.6 is 15.9 Å². The summed E-state index contributed by atoms with van der Waals surface area (Å²) in [7, 11) is 2.23. The van der Waals surface area contributed by atoms with E-state index in [0.29, 0.717) is 6.04 Å². The second kappa shape index (κ2) is 6.76. The number of hydrogen-bond acceptors (Lipinski definition) is 2. The predicted molar refractivity (Wildman–Crippen MR) is 84.0 cm³/mol. The molecule has 0 spiro atoms. The van der Waals surface area contributed by atoms with E-state index in [1.165, 1.54) is 41.4 Å². The van der Waals surface area contributed by atoms with Gasteiger partial charge in [0.25, 0.3) is 0 Å². The van der Waals surface area contributed by atoms with Gasteiger partial charge in [-0.05, 0) is 70.0 Å². The zero-order valence-electron chi connectivity index (χ0n) is 12.2. The molecular weight excluding hydrogens is 302 g/mol. The van der Waals surface area contributed by atoms with Crippen LogP contribution in [-0.4, -0.2) is 31.1 Å². The first kappa shape index (κ1) is 14.9. The largest absolute Gasteiger partial charge is 0.494 e. The highest BCUT2D eigenvalue weighted by Crippen LogP contribution is 2.26. The molecule has 1 aliphatic heterocycles. The molecule has 3 heteroatoms. The van der Waals surface area contributed by atoms with Crippen LogP contribution in [0.4, 0.5) is 0 Å². The van der Waals surface area contributed by atoms with Gasteiger partial charge in [-0.2, -0.15) is 0 Å². The molecule has 1 aromatic carbocycles. The molecule has 0 N–H and O–H groups in total. The number of rotatable bonds is 4. The summed E-state index contributed by atoms with van der Waals surface area (Å²) in [5.41, 5.74) is 2.48. The van der Waals surface area contributed by atoms with E-state index >= 15 is 0 Å². The fraction of sp³-hybridized carbons (Fsp3) is 0.625. The minimum absolute atomic E-state index is 0.700. The summed E-state index contributed by atoms with van der Waals surface area (Å²) in [6, 6.07) is 4.93. The lowest BCUT2D eigenvalue weighted by atomic mass is 10.0. The van der Waals surface area contributed by atoms with Crippen molar-refractivity contribution in [1.82, 2.24) is 4.90 Å². The highest BCUT2D eigenvalue weighted by Gasteiger charge is 2.18. The van der Waals surface area contributed by atoms with Gasteiger partial charge >= 0.3 is 0 Å². The minimum Gasteiger partial charge on any atom is -0.494 e. The Morgan fingerprint density at radius 2 is 1.95 bits per heavy atom. The van der Waals surface area contributed by atoms with Crippen molar-refractivity contribution in [3.05, 3.63) is 27.7 Å². The molecule has 1 aromatic rings. The molecule has 1 aliphatic rings. The van der Waals surface area contributed by atoms with E-state index in [4.69, 9.17) is 4.74 Å². The Morgan fingerprint density at radius 3 is 2.58 bits per heavy atom. The summed E-state index contributed by atoms with van der Waals surface area (Å²) in [5, 5.41) is 0. The number of likely N-dealkylation sites (tertiary alicyclic amines) is 1. The molecule has 0 aromatic heterocycles. The average Bonchev–Trinajstić information content (AvgIpc) is 2.38. The Morgan fingerprint density at radius 1 is 1.26 bits per heavy atom. The van der Waals surface area contributed by atoms with Crippen molar-refractivity contribution in [1.29, 1.82) is 0 Å². The van der Waals surface area contributed by atoms with Gasteiger partial charge < -0.3 is 9.64 Å². The number of nitrogens with zero attached hydrogens (tertiary/aromatic N) is 1. The molecule has 0 radical (unpaired) electrons. The Labute approximate surface area is 125 Å². The Balaban J connectivity index is 1.85. The maximum Gasteiger partial charge on any atom is 0.119 e. The number of piperidine rings is 1. The normalized spacial score (nSPS) is 20.5. The lowest BCUT2D eigenvalue weighted by molar-refractivity contribution is 0.153. The SMILES string of the molecule is Cc1cc(OCCC2CCCCN2C)cc(C)c1Br. The third kappa shape index (κ3) is 3.96. The van der Waals surface area contributed by atoms with Crippen molar-refractivity contribution in [3.8, 4) is 5.75 Å². The number of benzene rings is 1. The van der Waals surface area contributed by atoms with Crippen LogP contribution in [-0.2, 0) is 0 Å². The molecular formula is C16H24BrNO. The van der Waals surface area contributed by atoms with Gasteiger partial charge in [-0.1, -0.05) is 22.4 Å². The van der Waals surface area contributed by atoms with Crippen molar-refractivity contribution in [2.24, 2.45) is 0 Å². The maximum absolute atomic E-state index is 5.93. The summed E-state index contributed by atoms with van der Waals surface area (Å²) in [4.78, 5) is 2.48. The number of ether oxygens (including phenoxy) is 1. The van der Waals surface area contributed by atoms with Crippen LogP contribution in [0.2, 0.25) is 0 Å². The third-order valence-corrected chi connectivity index (χ3v) is 5.30. The highest BCUT2D eigenvalue weighted by molar-refractivity contribution is 9.10. The Kier molecular flexibility index (Phi) is 5.28. The van der Waals surface area contributed by atoms with Crippen LogP contribution in [0, 0.1) is 13.8 Å². The van der Waals surface area contributed by atoms with Gasteiger partial charge in [-0.15, -0.1) is 0 Å². The molecule has 1 heterocycles. The lowest BCUT2D eigenvalue weighted by Gasteiger charge is -2.32. The summed E-state index contributed by atoms with van der Waals surface area (Å²) in [6.45, 7) is 6.27. The second-order valence-electron chi connectivity index (χ2n) is 5.64. The first-order chi connectivity index (χ1) is 9.08. The van der Waals surface area contributed by atoms with Gasteiger partial charge in [-0.25, -0.2) is 0 Å². The second-order valence-corrected chi connectivity index (χ2v) is 6.43. The van der Waals surface area contributed by atoms with E-state index in [1.54, 1.807) is 0 Å². The molecule has 2 nitrogen and oxygen atoms in total. The van der Waals surface area contributed by atoms with E-state index in [9.17, 15) is 0 Å². The summed E-state index contributed by atoms with van der Waals surface area (Å²) in [6.07, 6.45) is 5.16. The van der Waals surface area contributed by atoms with Gasteiger partial charge in [0.05, 0.1) is 6.61 Å². The summed E-state index contributed by atoms with van der Waals surface area (Å²) < 4.78 is 7.11. The van der Waals surface area contributed by atoms with Crippen LogP contribution in [0.1, 0.15) is 36.8 Å². The quantitative estimate of drug-likeness (QED) is 0.817. The van der Waals surface area contributed by atoms with Gasteiger partial charge in [0, 0.05) is 10.5 Å². The van der Waals surface area contributed by atoms with Crippen LogP contribution in [0.15, 0.2) is 16.6 Å². The Hall–Kier alpha value is -0.540. The molecule has 19 heavy (non-hydrogen) atoms. The number of halogens is 1. The van der Waals surface area contributed by atoms with E-state index < -0.39 is 0 Å². The van der Waals surface area contributed by atoms with Gasteiger partial charge in [0.1, 0.15) is 5.75 Å². The van der Waals surface area contributed by atoms with Crippen molar-refractivity contribution in [3.63, 3.8) is 0 Å². The Bertz CT molecular complexity index is 410. The van der Waals surface area contributed by atoms with E-state index in [1.807, 2.05) is 0 Å². The van der Waals surface area contributed by atoms with Crippen molar-refractivity contribution < 1.29 is 4.74 Å². The minimum atomic E-state index is 0.700. The summed E-state index contributed by atoms with van der Waals surface area (Å²) in [5.74, 6) is 0.997. The van der Waals surface area contributed by atoms with Gasteiger partial charge in [0.15, 0.2) is 0 Å². The van der Waals surface area contributed by atoms with Crippen LogP contribution in [0.25, 0.3) is 0 Å². The monoisotopic (exact) mass is 325 g/mol. The topological polar surface area (TPSA) is 12.5 Å². The molecule has 1 saturated heterocycles. The van der Waals surface area contributed by atoms with Crippen LogP contribution in [0.5, 0.6) is 5.75 Å². The molecule has 1 atom stereocenters. The molecule has 0 aliphatic carbocycles. The lowest BCUT2D eigenvalue weighted by Crippen LogP contribution is -2.37.